The molecule has 1 aromatic rings. The largest absolute Gasteiger partial charge is 0.508 e. The predicted molar refractivity (Wildman–Crippen MR) is 128 cm³/mol. The second-order valence-corrected chi connectivity index (χ2v) is 7.83. The van der Waals surface area contributed by atoms with E-state index >= 15 is 0 Å². The Kier molecular flexibility index (Phi) is 12.2. The van der Waals surface area contributed by atoms with Crippen LogP contribution in [0.25, 0.3) is 0 Å². The number of nitrogens with one attached hydrogen (secondary N) is 3. The second-order valence-electron chi connectivity index (χ2n) is 7.83. The third-order valence-electron chi connectivity index (χ3n) is 4.77. The third kappa shape index (κ3) is 11.6. The number of aromatic hydroxyl groups is 1. The number of nitrogens with two attached hydrogens (primary N) is 4. The molecule has 3 atom stereocenters. The van der Waals surface area contributed by atoms with Crippen LogP contribution in [0.4, 0.5) is 0 Å². The van der Waals surface area contributed by atoms with Crippen LogP contribution in [0, 0.1) is 0 Å². The predicted octanol–water partition coefficient (Wildman–Crippen LogP) is -3.64. The monoisotopic (exact) mass is 508 g/mol. The molecule has 36 heavy (non-hydrogen) atoms. The lowest BCUT2D eigenvalue weighted by Gasteiger charge is -2.23. The van der Waals surface area contributed by atoms with Gasteiger partial charge in [0.05, 0.1) is 12.5 Å². The fraction of sp³-hybridized carbons (Fsp3) is 0.429. The molecule has 0 heterocycles. The molecule has 0 aliphatic carbocycles. The Labute approximate surface area is 206 Å². The SMILES string of the molecule is NC(=O)CC(NC(=O)C(N)CCCN=C(N)N)C(=O)NC(Cc1ccc(O)cc1)C(=O)NCC(=O)O. The number of carboxylic acid groups (broad SMARTS) is 1. The van der Waals surface area contributed by atoms with Crippen molar-refractivity contribution in [2.24, 2.45) is 27.9 Å². The van der Waals surface area contributed by atoms with Crippen LogP contribution in [0.3, 0.4) is 0 Å². The highest BCUT2D eigenvalue weighted by atomic mass is 16.4. The summed E-state index contributed by atoms with van der Waals surface area (Å²) in [6.07, 6.45) is -0.119. The van der Waals surface area contributed by atoms with Crippen LogP contribution < -0.4 is 38.9 Å². The van der Waals surface area contributed by atoms with Gasteiger partial charge in [-0.05, 0) is 30.5 Å². The number of hydrogen-bond acceptors (Lipinski definition) is 8. The first-order valence-electron chi connectivity index (χ1n) is 10.9. The van der Waals surface area contributed by atoms with E-state index in [1.54, 1.807) is 0 Å². The number of nitrogens with zero attached hydrogens (tertiary/aromatic N) is 1. The van der Waals surface area contributed by atoms with Crippen LogP contribution in [-0.4, -0.2) is 77.0 Å². The van der Waals surface area contributed by atoms with Crippen molar-refractivity contribution in [1.29, 1.82) is 0 Å². The number of guanidine groups is 1. The molecule has 0 aromatic heterocycles. The molecular weight excluding hydrogens is 476 g/mol. The summed E-state index contributed by atoms with van der Waals surface area (Å²) in [5.41, 5.74) is 22.0. The lowest BCUT2D eigenvalue weighted by atomic mass is 10.0. The van der Waals surface area contributed by atoms with E-state index in [0.29, 0.717) is 12.0 Å². The molecule has 13 N–H and O–H groups in total. The van der Waals surface area contributed by atoms with E-state index in [1.165, 1.54) is 24.3 Å². The van der Waals surface area contributed by atoms with Crippen molar-refractivity contribution in [3.05, 3.63) is 29.8 Å². The minimum absolute atomic E-state index is 0.0199. The van der Waals surface area contributed by atoms with Crippen LogP contribution in [0.1, 0.15) is 24.8 Å². The van der Waals surface area contributed by atoms with Crippen LogP contribution in [0.15, 0.2) is 29.3 Å². The highest BCUT2D eigenvalue weighted by molar-refractivity contribution is 5.96. The molecule has 0 saturated heterocycles. The molecule has 15 nitrogen and oxygen atoms in total. The van der Waals surface area contributed by atoms with Gasteiger partial charge in [0.15, 0.2) is 5.96 Å². The van der Waals surface area contributed by atoms with Gasteiger partial charge in [0.25, 0.3) is 0 Å². The lowest BCUT2D eigenvalue weighted by molar-refractivity contribution is -0.138. The zero-order chi connectivity index (χ0) is 27.3. The van der Waals surface area contributed by atoms with Crippen molar-refractivity contribution in [3.63, 3.8) is 0 Å². The minimum Gasteiger partial charge on any atom is -0.508 e. The third-order valence-corrected chi connectivity index (χ3v) is 4.77. The van der Waals surface area contributed by atoms with Gasteiger partial charge < -0.3 is 49.1 Å². The van der Waals surface area contributed by atoms with Crippen LogP contribution in [0.5, 0.6) is 5.75 Å². The summed E-state index contributed by atoms with van der Waals surface area (Å²) in [4.78, 5) is 64.0. The molecule has 15 heteroatoms. The number of aliphatic imine (C=N–C) groups is 1. The van der Waals surface area contributed by atoms with Gasteiger partial charge in [0.2, 0.25) is 23.6 Å². The van der Waals surface area contributed by atoms with Gasteiger partial charge in [0, 0.05) is 13.0 Å². The first-order chi connectivity index (χ1) is 16.9. The fourth-order valence-corrected chi connectivity index (χ4v) is 2.97. The highest BCUT2D eigenvalue weighted by Gasteiger charge is 2.29. The summed E-state index contributed by atoms with van der Waals surface area (Å²) < 4.78 is 0. The summed E-state index contributed by atoms with van der Waals surface area (Å²) in [6, 6.07) is 1.97. The number of primary amides is 1. The number of phenols is 1. The highest BCUT2D eigenvalue weighted by Crippen LogP contribution is 2.12. The molecule has 4 amide bonds. The number of phenolic OH excluding ortho intramolecular Hbond substituents is 1. The van der Waals surface area contributed by atoms with Crippen molar-refractivity contribution in [3.8, 4) is 5.75 Å². The van der Waals surface area contributed by atoms with Crippen molar-refractivity contribution in [1.82, 2.24) is 16.0 Å². The summed E-state index contributed by atoms with van der Waals surface area (Å²) >= 11 is 0. The summed E-state index contributed by atoms with van der Waals surface area (Å²) in [5, 5.41) is 25.2. The quantitative estimate of drug-likeness (QED) is 0.0636. The van der Waals surface area contributed by atoms with Gasteiger partial charge in [0.1, 0.15) is 24.4 Å². The molecule has 0 spiro atoms. The van der Waals surface area contributed by atoms with Crippen molar-refractivity contribution in [2.45, 2.75) is 43.8 Å². The van der Waals surface area contributed by atoms with Gasteiger partial charge in [-0.15, -0.1) is 0 Å². The maximum Gasteiger partial charge on any atom is 0.322 e. The number of aliphatic carboxylic acids is 1. The topological polar surface area (TPSA) is 278 Å². The van der Waals surface area contributed by atoms with E-state index in [9.17, 15) is 29.1 Å². The van der Waals surface area contributed by atoms with Gasteiger partial charge in [-0.2, -0.15) is 0 Å². The zero-order valence-electron chi connectivity index (χ0n) is 19.5. The Hall–Kier alpha value is -4.40. The van der Waals surface area contributed by atoms with Crippen LogP contribution in [-0.2, 0) is 30.4 Å². The first-order valence-corrected chi connectivity index (χ1v) is 10.9. The number of carboxylic acids is 1. The number of amides is 4. The van der Waals surface area contributed by atoms with Gasteiger partial charge >= 0.3 is 5.97 Å². The zero-order valence-corrected chi connectivity index (χ0v) is 19.5. The van der Waals surface area contributed by atoms with Crippen molar-refractivity contribution >= 4 is 35.6 Å². The maximum atomic E-state index is 12.9. The van der Waals surface area contributed by atoms with E-state index in [1.807, 2.05) is 0 Å². The van der Waals surface area contributed by atoms with Gasteiger partial charge in [-0.25, -0.2) is 0 Å². The number of carbonyl (C=O) groups is 5. The van der Waals surface area contributed by atoms with Crippen LogP contribution in [0.2, 0.25) is 0 Å². The van der Waals surface area contributed by atoms with Crippen LogP contribution >= 0.6 is 0 Å². The minimum atomic E-state index is -1.45. The Morgan fingerprint density at radius 2 is 1.53 bits per heavy atom. The van der Waals surface area contributed by atoms with Crippen molar-refractivity contribution < 1.29 is 34.2 Å². The Morgan fingerprint density at radius 1 is 0.917 bits per heavy atom. The molecule has 1 rings (SSSR count). The summed E-state index contributed by atoms with van der Waals surface area (Å²) in [5.74, 6) is -4.81. The molecule has 0 saturated carbocycles. The number of benzene rings is 1. The smallest absolute Gasteiger partial charge is 0.322 e. The number of hydrogen-bond donors (Lipinski definition) is 9. The average Bonchev–Trinajstić information content (AvgIpc) is 2.79. The molecule has 0 aliphatic heterocycles. The lowest BCUT2D eigenvalue weighted by Crippen LogP contribution is -2.57. The molecule has 1 aromatic carbocycles. The Morgan fingerprint density at radius 3 is 2.08 bits per heavy atom. The van der Waals surface area contributed by atoms with E-state index in [0.717, 1.165) is 0 Å². The van der Waals surface area contributed by atoms with Crippen molar-refractivity contribution in [2.75, 3.05) is 13.1 Å². The van der Waals surface area contributed by atoms with E-state index in [4.69, 9.17) is 28.0 Å². The Bertz CT molecular complexity index is 964. The maximum absolute atomic E-state index is 12.9. The molecule has 3 unspecified atom stereocenters. The van der Waals surface area contributed by atoms with E-state index in [2.05, 4.69) is 20.9 Å². The molecule has 0 bridgehead atoms. The number of rotatable bonds is 15. The second kappa shape index (κ2) is 14.8. The van der Waals surface area contributed by atoms with E-state index in [-0.39, 0.29) is 31.1 Å². The summed E-state index contributed by atoms with van der Waals surface area (Å²) in [7, 11) is 0. The molecule has 0 radical (unpaired) electrons. The Balaban J connectivity index is 2.94. The molecular formula is C21H32N8O7. The van der Waals surface area contributed by atoms with E-state index < -0.39 is 60.7 Å². The fourth-order valence-electron chi connectivity index (χ4n) is 2.97. The molecule has 0 aliphatic rings. The van der Waals surface area contributed by atoms with Gasteiger partial charge in [-0.3, -0.25) is 29.0 Å². The van der Waals surface area contributed by atoms with Gasteiger partial charge in [-0.1, -0.05) is 12.1 Å². The molecule has 0 fully saturated rings. The normalized spacial score (nSPS) is 12.9. The average molecular weight is 509 g/mol. The first kappa shape index (κ1) is 29.6. The summed E-state index contributed by atoms with van der Waals surface area (Å²) in [6.45, 7) is -0.462. The standard InChI is InChI=1S/C21H32N8O7/c22-13(2-1-7-26-21(24)25)18(34)28-15(9-16(23)31)20(36)29-14(19(35)27-10-17(32)33)8-11-3-5-12(30)6-4-11/h3-6,13-15,30H,1-2,7-10,22H2,(H2,23,31)(H,27,35)(H,28,34)(H,29,36)(H,32,33)(H4,24,25,26). The molecule has 198 valence electrons. The number of carbonyl (C=O) groups excluding carboxylic acids is 4.